The van der Waals surface area contributed by atoms with Gasteiger partial charge in [-0.15, -0.1) is 0 Å². The van der Waals surface area contributed by atoms with Crippen molar-refractivity contribution in [3.8, 4) is 0 Å². The van der Waals surface area contributed by atoms with Gasteiger partial charge in [-0.2, -0.15) is 0 Å². The minimum atomic E-state index is -0.232. The van der Waals surface area contributed by atoms with Gasteiger partial charge in [-0.05, 0) is 36.2 Å². The molecule has 0 aliphatic carbocycles. The molecule has 0 fully saturated rings. The van der Waals surface area contributed by atoms with Gasteiger partial charge < -0.3 is 9.88 Å². The minimum absolute atomic E-state index is 0.232. The Labute approximate surface area is 134 Å². The number of nitrogens with zero attached hydrogens (tertiary/aromatic N) is 2. The molecule has 23 heavy (non-hydrogen) atoms. The number of rotatable bonds is 7. The largest absolute Gasteiger partial charge is 0.359 e. The molecule has 1 heterocycles. The average Bonchev–Trinajstić information content (AvgIpc) is 2.92. The Balaban J connectivity index is 1.88. The molecular weight excluding hydrogens is 293 g/mol. The first-order chi connectivity index (χ1) is 11.3. The molecule has 4 nitrogen and oxygen atoms in total. The zero-order valence-corrected chi connectivity index (χ0v) is 12.7. The van der Waals surface area contributed by atoms with E-state index in [4.69, 9.17) is 4.98 Å². The summed E-state index contributed by atoms with van der Waals surface area (Å²) in [4.78, 5) is 15.0. The lowest BCUT2D eigenvalue weighted by Gasteiger charge is -2.09. The van der Waals surface area contributed by atoms with Gasteiger partial charge >= 0.3 is 0 Å². The summed E-state index contributed by atoms with van der Waals surface area (Å²) in [5.41, 5.74) is 3.05. The number of carbonyl (C=O) groups excluding carboxylic acids is 1. The predicted octanol–water partition coefficient (Wildman–Crippen LogP) is 2.90. The van der Waals surface area contributed by atoms with Crippen LogP contribution in [0.4, 0.5) is 4.39 Å². The van der Waals surface area contributed by atoms with Crippen molar-refractivity contribution in [2.45, 2.75) is 19.4 Å². The van der Waals surface area contributed by atoms with Crippen LogP contribution < -0.4 is 5.32 Å². The molecule has 1 amide bonds. The van der Waals surface area contributed by atoms with Crippen LogP contribution in [0.1, 0.15) is 17.8 Å². The van der Waals surface area contributed by atoms with E-state index in [0.29, 0.717) is 19.5 Å². The third-order valence-corrected chi connectivity index (χ3v) is 3.79. The second-order valence-corrected chi connectivity index (χ2v) is 5.40. The molecule has 2 aromatic carbocycles. The number of carbonyl (C=O) groups is 1. The summed E-state index contributed by atoms with van der Waals surface area (Å²) < 4.78 is 15.2. The Bertz CT molecular complexity index is 796. The monoisotopic (exact) mass is 311 g/mol. The summed E-state index contributed by atoms with van der Waals surface area (Å²) in [5, 5.41) is 2.67. The predicted molar refractivity (Wildman–Crippen MR) is 87.6 cm³/mol. The van der Waals surface area contributed by atoms with E-state index in [1.807, 2.05) is 24.3 Å². The Kier molecular flexibility index (Phi) is 4.66. The van der Waals surface area contributed by atoms with Crippen molar-refractivity contribution in [2.75, 3.05) is 6.54 Å². The number of fused-ring (bicyclic) bond motifs is 1. The first-order valence-electron chi connectivity index (χ1n) is 7.63. The van der Waals surface area contributed by atoms with Gasteiger partial charge in [0.15, 0.2) is 0 Å². The first-order valence-corrected chi connectivity index (χ1v) is 7.63. The van der Waals surface area contributed by atoms with Gasteiger partial charge in [0.2, 0.25) is 6.41 Å². The van der Waals surface area contributed by atoms with E-state index < -0.39 is 0 Å². The molecular formula is C18H18FN3O. The molecule has 1 N–H and O–H groups in total. The van der Waals surface area contributed by atoms with E-state index in [9.17, 15) is 9.18 Å². The Morgan fingerprint density at radius 1 is 1.13 bits per heavy atom. The lowest BCUT2D eigenvalue weighted by Crippen LogP contribution is -2.14. The van der Waals surface area contributed by atoms with Crippen molar-refractivity contribution >= 4 is 17.4 Å². The highest BCUT2D eigenvalue weighted by Crippen LogP contribution is 2.19. The van der Waals surface area contributed by atoms with E-state index >= 15 is 0 Å². The second kappa shape index (κ2) is 7.05. The topological polar surface area (TPSA) is 46.9 Å². The summed E-state index contributed by atoms with van der Waals surface area (Å²) >= 11 is 0. The van der Waals surface area contributed by atoms with Crippen LogP contribution in [0.2, 0.25) is 0 Å². The number of hydrogen-bond donors (Lipinski definition) is 1. The van der Waals surface area contributed by atoms with E-state index in [1.165, 1.54) is 12.1 Å². The molecule has 0 bridgehead atoms. The van der Waals surface area contributed by atoms with Crippen LogP contribution in [0.5, 0.6) is 0 Å². The van der Waals surface area contributed by atoms with E-state index in [0.717, 1.165) is 35.3 Å². The molecule has 5 heteroatoms. The number of amides is 1. The smallest absolute Gasteiger partial charge is 0.207 e. The SMILES string of the molecule is O=CNCCCc1nc2ccccc2n1Cc1ccc(F)cc1. The molecule has 3 aromatic rings. The molecule has 0 radical (unpaired) electrons. The van der Waals surface area contributed by atoms with Crippen molar-refractivity contribution in [2.24, 2.45) is 0 Å². The lowest BCUT2D eigenvalue weighted by atomic mass is 10.2. The first kappa shape index (κ1) is 15.2. The summed E-state index contributed by atoms with van der Waals surface area (Å²) in [6, 6.07) is 14.5. The summed E-state index contributed by atoms with van der Waals surface area (Å²) in [6.07, 6.45) is 2.31. The van der Waals surface area contributed by atoms with Crippen LogP contribution in [0.15, 0.2) is 48.5 Å². The Hall–Kier alpha value is -2.69. The molecule has 3 rings (SSSR count). The maximum atomic E-state index is 13.1. The summed E-state index contributed by atoms with van der Waals surface area (Å²) in [7, 11) is 0. The maximum Gasteiger partial charge on any atom is 0.207 e. The highest BCUT2D eigenvalue weighted by atomic mass is 19.1. The number of halogens is 1. The minimum Gasteiger partial charge on any atom is -0.359 e. The highest BCUT2D eigenvalue weighted by Gasteiger charge is 2.10. The number of benzene rings is 2. The molecule has 0 saturated heterocycles. The van der Waals surface area contributed by atoms with Crippen LogP contribution in [-0.2, 0) is 17.8 Å². The zero-order chi connectivity index (χ0) is 16.1. The molecule has 0 aliphatic heterocycles. The second-order valence-electron chi connectivity index (χ2n) is 5.40. The van der Waals surface area contributed by atoms with Gasteiger partial charge in [-0.3, -0.25) is 4.79 Å². The number of para-hydroxylation sites is 2. The normalized spacial score (nSPS) is 10.8. The van der Waals surface area contributed by atoms with Gasteiger partial charge in [0, 0.05) is 19.5 Å². The number of aryl methyl sites for hydroxylation is 1. The van der Waals surface area contributed by atoms with Gasteiger partial charge in [-0.1, -0.05) is 24.3 Å². The molecule has 0 aliphatic rings. The molecule has 0 spiro atoms. The van der Waals surface area contributed by atoms with E-state index in [-0.39, 0.29) is 5.82 Å². The standard InChI is InChI=1S/C18H18FN3O/c19-15-9-7-14(8-10-15)12-22-17-5-2-1-4-16(17)21-18(22)6-3-11-20-13-23/h1-2,4-5,7-10,13H,3,6,11-12H2,(H,20,23). The van der Waals surface area contributed by atoms with Crippen molar-refractivity contribution < 1.29 is 9.18 Å². The fourth-order valence-corrected chi connectivity index (χ4v) is 2.67. The molecule has 0 atom stereocenters. The van der Waals surface area contributed by atoms with Crippen molar-refractivity contribution in [3.05, 3.63) is 65.7 Å². The van der Waals surface area contributed by atoms with E-state index in [1.54, 1.807) is 12.1 Å². The average molecular weight is 311 g/mol. The molecule has 1 aromatic heterocycles. The van der Waals surface area contributed by atoms with Crippen molar-refractivity contribution in [1.29, 1.82) is 0 Å². The summed E-state index contributed by atoms with van der Waals surface area (Å²) in [5.74, 6) is 0.743. The van der Waals surface area contributed by atoms with Gasteiger partial charge in [0.25, 0.3) is 0 Å². The molecule has 118 valence electrons. The third-order valence-electron chi connectivity index (χ3n) is 3.79. The van der Waals surface area contributed by atoms with Gasteiger partial charge in [0.1, 0.15) is 11.6 Å². The van der Waals surface area contributed by atoms with Crippen molar-refractivity contribution in [1.82, 2.24) is 14.9 Å². The summed E-state index contributed by atoms with van der Waals surface area (Å²) in [6.45, 7) is 1.28. The Morgan fingerprint density at radius 3 is 2.70 bits per heavy atom. The zero-order valence-electron chi connectivity index (χ0n) is 12.7. The fraction of sp³-hybridized carbons (Fsp3) is 0.222. The van der Waals surface area contributed by atoms with Crippen LogP contribution in [0.25, 0.3) is 11.0 Å². The number of aromatic nitrogens is 2. The number of nitrogens with one attached hydrogen (secondary N) is 1. The fourth-order valence-electron chi connectivity index (χ4n) is 2.67. The number of hydrogen-bond acceptors (Lipinski definition) is 2. The van der Waals surface area contributed by atoms with Crippen LogP contribution in [-0.4, -0.2) is 22.5 Å². The Morgan fingerprint density at radius 2 is 1.91 bits per heavy atom. The van der Waals surface area contributed by atoms with Gasteiger partial charge in [0.05, 0.1) is 11.0 Å². The van der Waals surface area contributed by atoms with Crippen LogP contribution in [0, 0.1) is 5.82 Å². The van der Waals surface area contributed by atoms with E-state index in [2.05, 4.69) is 9.88 Å². The highest BCUT2D eigenvalue weighted by molar-refractivity contribution is 5.76. The third kappa shape index (κ3) is 3.56. The van der Waals surface area contributed by atoms with Crippen LogP contribution in [0.3, 0.4) is 0 Å². The maximum absolute atomic E-state index is 13.1. The van der Waals surface area contributed by atoms with Gasteiger partial charge in [-0.25, -0.2) is 9.37 Å². The van der Waals surface area contributed by atoms with Crippen LogP contribution >= 0.6 is 0 Å². The van der Waals surface area contributed by atoms with Crippen molar-refractivity contribution in [3.63, 3.8) is 0 Å². The molecule has 0 unspecified atom stereocenters. The molecule has 0 saturated carbocycles. The quantitative estimate of drug-likeness (QED) is 0.539. The number of imidazole rings is 1. The lowest BCUT2D eigenvalue weighted by molar-refractivity contribution is -0.109.